The summed E-state index contributed by atoms with van der Waals surface area (Å²) in [6, 6.07) is 6.89. The highest BCUT2D eigenvalue weighted by molar-refractivity contribution is 9.10. The second kappa shape index (κ2) is 5.80. The molecule has 0 unspecified atom stereocenters. The number of rotatable bonds is 4. The largest absolute Gasteiger partial charge is 0.326 e. The van der Waals surface area contributed by atoms with Gasteiger partial charge < -0.3 is 5.32 Å². The third-order valence-electron chi connectivity index (χ3n) is 2.13. The zero-order chi connectivity index (χ0) is 12.1. The summed E-state index contributed by atoms with van der Waals surface area (Å²) in [5, 5.41) is 2.65. The second-order valence-corrected chi connectivity index (χ2v) is 4.60. The number of hydrogen-bond acceptors (Lipinski definition) is 2. The Labute approximate surface area is 103 Å². The predicted molar refractivity (Wildman–Crippen MR) is 68.1 cm³/mol. The van der Waals surface area contributed by atoms with Crippen LogP contribution in [0.3, 0.4) is 0 Å². The third kappa shape index (κ3) is 3.45. The molecular weight excluding hydrogens is 270 g/mol. The number of anilines is 1. The van der Waals surface area contributed by atoms with Gasteiger partial charge in [-0.1, -0.05) is 22.9 Å². The number of hydrogen-bond donors (Lipinski definition) is 1. The number of amides is 1. The number of carbonyl (C=O) groups is 2. The SMILES string of the molecule is CC[C@H](Br)C(=O)c1ccc(NC(C)=O)cc1. The monoisotopic (exact) mass is 283 g/mol. The molecule has 1 aromatic rings. The lowest BCUT2D eigenvalue weighted by atomic mass is 10.1. The van der Waals surface area contributed by atoms with Crippen LogP contribution in [0, 0.1) is 0 Å². The average Bonchev–Trinajstić information content (AvgIpc) is 2.27. The number of nitrogens with one attached hydrogen (secondary N) is 1. The van der Waals surface area contributed by atoms with E-state index in [0.717, 1.165) is 6.42 Å². The van der Waals surface area contributed by atoms with Crippen molar-refractivity contribution in [3.63, 3.8) is 0 Å². The van der Waals surface area contributed by atoms with E-state index in [1.165, 1.54) is 6.92 Å². The molecule has 0 bridgehead atoms. The fourth-order valence-electron chi connectivity index (χ4n) is 1.29. The molecule has 86 valence electrons. The molecule has 0 radical (unpaired) electrons. The van der Waals surface area contributed by atoms with E-state index in [0.29, 0.717) is 11.3 Å². The van der Waals surface area contributed by atoms with Crippen LogP contribution in [-0.4, -0.2) is 16.5 Å². The van der Waals surface area contributed by atoms with Gasteiger partial charge in [0.1, 0.15) is 0 Å². The molecule has 0 aromatic heterocycles. The molecule has 4 heteroatoms. The average molecular weight is 284 g/mol. The van der Waals surface area contributed by atoms with E-state index >= 15 is 0 Å². The number of carbonyl (C=O) groups excluding carboxylic acids is 2. The lowest BCUT2D eigenvalue weighted by Crippen LogP contribution is -2.13. The van der Waals surface area contributed by atoms with Crippen LogP contribution in [0.2, 0.25) is 0 Å². The fraction of sp³-hybridized carbons (Fsp3) is 0.333. The summed E-state index contributed by atoms with van der Waals surface area (Å²) in [7, 11) is 0. The van der Waals surface area contributed by atoms with Crippen LogP contribution in [0.25, 0.3) is 0 Å². The Kier molecular flexibility index (Phi) is 4.68. The van der Waals surface area contributed by atoms with Gasteiger partial charge in [0.2, 0.25) is 5.91 Å². The molecular formula is C12H14BrNO2. The van der Waals surface area contributed by atoms with Crippen LogP contribution in [0.1, 0.15) is 30.6 Å². The van der Waals surface area contributed by atoms with Crippen molar-refractivity contribution in [3.05, 3.63) is 29.8 Å². The zero-order valence-corrected chi connectivity index (χ0v) is 10.9. The molecule has 0 aliphatic rings. The minimum atomic E-state index is -0.140. The molecule has 0 aliphatic carbocycles. The molecule has 0 fully saturated rings. The van der Waals surface area contributed by atoms with Crippen LogP contribution < -0.4 is 5.32 Å². The number of ketones is 1. The fourth-order valence-corrected chi connectivity index (χ4v) is 1.55. The van der Waals surface area contributed by atoms with Crippen LogP contribution in [0.4, 0.5) is 5.69 Å². The summed E-state index contributed by atoms with van der Waals surface area (Å²) in [5.41, 5.74) is 1.35. The molecule has 16 heavy (non-hydrogen) atoms. The first-order chi connectivity index (χ1) is 7.54. The Balaban J connectivity index is 2.78. The highest BCUT2D eigenvalue weighted by Crippen LogP contribution is 2.15. The Morgan fingerprint density at radius 1 is 1.31 bits per heavy atom. The van der Waals surface area contributed by atoms with E-state index in [2.05, 4.69) is 21.2 Å². The predicted octanol–water partition coefficient (Wildman–Crippen LogP) is 3.00. The highest BCUT2D eigenvalue weighted by Gasteiger charge is 2.14. The van der Waals surface area contributed by atoms with Crippen molar-refractivity contribution in [2.24, 2.45) is 0 Å². The molecule has 0 aliphatic heterocycles. The second-order valence-electron chi connectivity index (χ2n) is 3.50. The highest BCUT2D eigenvalue weighted by atomic mass is 79.9. The molecule has 1 rings (SSSR count). The number of benzene rings is 1. The van der Waals surface area contributed by atoms with Gasteiger partial charge in [-0.05, 0) is 30.7 Å². The Hall–Kier alpha value is -1.16. The first-order valence-corrected chi connectivity index (χ1v) is 6.02. The van der Waals surface area contributed by atoms with E-state index < -0.39 is 0 Å². The summed E-state index contributed by atoms with van der Waals surface area (Å²) in [5.74, 6) is -0.0529. The Morgan fingerprint density at radius 3 is 2.31 bits per heavy atom. The van der Waals surface area contributed by atoms with Gasteiger partial charge in [-0.2, -0.15) is 0 Å². The van der Waals surface area contributed by atoms with Gasteiger partial charge >= 0.3 is 0 Å². The van der Waals surface area contributed by atoms with E-state index in [-0.39, 0.29) is 16.5 Å². The van der Waals surface area contributed by atoms with Crippen LogP contribution >= 0.6 is 15.9 Å². The van der Waals surface area contributed by atoms with Crippen LogP contribution in [-0.2, 0) is 4.79 Å². The van der Waals surface area contributed by atoms with Gasteiger partial charge in [0.15, 0.2) is 5.78 Å². The van der Waals surface area contributed by atoms with Crippen molar-refractivity contribution in [2.45, 2.75) is 25.1 Å². The van der Waals surface area contributed by atoms with Gasteiger partial charge in [0, 0.05) is 18.2 Å². The quantitative estimate of drug-likeness (QED) is 0.682. The van der Waals surface area contributed by atoms with E-state index in [1.807, 2.05) is 6.92 Å². The Morgan fingerprint density at radius 2 is 1.88 bits per heavy atom. The van der Waals surface area contributed by atoms with Crippen molar-refractivity contribution in [1.82, 2.24) is 0 Å². The van der Waals surface area contributed by atoms with E-state index in [4.69, 9.17) is 0 Å². The minimum Gasteiger partial charge on any atom is -0.326 e. The molecule has 1 N–H and O–H groups in total. The molecule has 0 saturated heterocycles. The summed E-state index contributed by atoms with van der Waals surface area (Å²) in [4.78, 5) is 22.4. The molecule has 0 saturated carbocycles. The first-order valence-electron chi connectivity index (χ1n) is 5.10. The number of Topliss-reactive ketones (excluding diaryl/α,β-unsaturated/α-hetero) is 1. The van der Waals surface area contributed by atoms with Gasteiger partial charge in [0.25, 0.3) is 0 Å². The maximum atomic E-state index is 11.8. The normalized spacial score (nSPS) is 11.9. The lowest BCUT2D eigenvalue weighted by molar-refractivity contribution is -0.114. The molecule has 0 spiro atoms. The van der Waals surface area contributed by atoms with Crippen molar-refractivity contribution in [1.29, 1.82) is 0 Å². The van der Waals surface area contributed by atoms with Gasteiger partial charge in [-0.25, -0.2) is 0 Å². The lowest BCUT2D eigenvalue weighted by Gasteiger charge is -2.07. The molecule has 0 heterocycles. The maximum Gasteiger partial charge on any atom is 0.221 e. The van der Waals surface area contributed by atoms with Crippen molar-refractivity contribution in [3.8, 4) is 0 Å². The summed E-state index contributed by atoms with van der Waals surface area (Å²) >= 11 is 3.32. The summed E-state index contributed by atoms with van der Waals surface area (Å²) < 4.78 is 0. The van der Waals surface area contributed by atoms with Crippen LogP contribution in [0.5, 0.6) is 0 Å². The van der Waals surface area contributed by atoms with Crippen molar-refractivity contribution in [2.75, 3.05) is 5.32 Å². The number of halogens is 1. The minimum absolute atomic E-state index is 0.0666. The van der Waals surface area contributed by atoms with Gasteiger partial charge in [-0.3, -0.25) is 9.59 Å². The molecule has 1 aromatic carbocycles. The molecule has 3 nitrogen and oxygen atoms in total. The van der Waals surface area contributed by atoms with Gasteiger partial charge in [0.05, 0.1) is 4.83 Å². The number of alkyl halides is 1. The standard InChI is InChI=1S/C12H14BrNO2/c1-3-11(13)12(16)9-4-6-10(7-5-9)14-8(2)15/h4-7,11H,3H2,1-2H3,(H,14,15)/t11-/m0/s1. The van der Waals surface area contributed by atoms with Gasteiger partial charge in [-0.15, -0.1) is 0 Å². The van der Waals surface area contributed by atoms with Crippen molar-refractivity contribution >= 4 is 33.3 Å². The van der Waals surface area contributed by atoms with E-state index in [9.17, 15) is 9.59 Å². The summed E-state index contributed by atoms with van der Waals surface area (Å²) in [6.07, 6.45) is 0.756. The smallest absolute Gasteiger partial charge is 0.221 e. The first kappa shape index (κ1) is 12.9. The maximum absolute atomic E-state index is 11.8. The van der Waals surface area contributed by atoms with Crippen LogP contribution in [0.15, 0.2) is 24.3 Å². The topological polar surface area (TPSA) is 46.2 Å². The third-order valence-corrected chi connectivity index (χ3v) is 3.20. The Bertz CT molecular complexity index is 387. The molecule has 1 atom stereocenters. The summed E-state index contributed by atoms with van der Waals surface area (Å²) in [6.45, 7) is 3.40. The van der Waals surface area contributed by atoms with Crippen molar-refractivity contribution < 1.29 is 9.59 Å². The zero-order valence-electron chi connectivity index (χ0n) is 9.29. The molecule has 1 amide bonds. The van der Waals surface area contributed by atoms with E-state index in [1.54, 1.807) is 24.3 Å².